The lowest BCUT2D eigenvalue weighted by Crippen LogP contribution is -2.18. The fourth-order valence-electron chi connectivity index (χ4n) is 1.75. The molecule has 0 saturated heterocycles. The van der Waals surface area contributed by atoms with Crippen LogP contribution >= 0.6 is 11.3 Å². The molecule has 0 bridgehead atoms. The first-order valence-corrected chi connectivity index (χ1v) is 6.79. The van der Waals surface area contributed by atoms with Gasteiger partial charge in [-0.25, -0.2) is 9.37 Å². The fraction of sp³-hybridized carbons (Fsp3) is 0.357. The van der Waals surface area contributed by atoms with E-state index in [1.54, 1.807) is 23.5 Å². The zero-order valence-electron chi connectivity index (χ0n) is 10.8. The van der Waals surface area contributed by atoms with Crippen LogP contribution in [0.4, 0.5) is 4.39 Å². The second-order valence-electron chi connectivity index (χ2n) is 4.41. The smallest absolute Gasteiger partial charge is 0.123 e. The summed E-state index contributed by atoms with van der Waals surface area (Å²) in [6, 6.07) is 6.81. The van der Waals surface area contributed by atoms with Gasteiger partial charge in [0.15, 0.2) is 0 Å². The van der Waals surface area contributed by atoms with Crippen molar-refractivity contribution in [3.05, 3.63) is 51.2 Å². The standard InChI is InChI=1S/C14H17FN2S/c1-9-11(3)18-14(17-9)8-16-10(2)12-5-4-6-13(15)7-12/h4-7,10,16H,8H2,1-3H3/t10-/m1/s1. The maximum Gasteiger partial charge on any atom is 0.123 e. The van der Waals surface area contributed by atoms with Gasteiger partial charge in [0.25, 0.3) is 0 Å². The molecule has 0 amide bonds. The number of rotatable bonds is 4. The van der Waals surface area contributed by atoms with E-state index in [4.69, 9.17) is 0 Å². The molecule has 2 aromatic rings. The Morgan fingerprint density at radius 1 is 1.39 bits per heavy atom. The molecule has 96 valence electrons. The van der Waals surface area contributed by atoms with E-state index in [1.807, 2.05) is 19.9 Å². The Hall–Kier alpha value is -1.26. The van der Waals surface area contributed by atoms with E-state index < -0.39 is 0 Å². The Morgan fingerprint density at radius 2 is 2.17 bits per heavy atom. The van der Waals surface area contributed by atoms with Gasteiger partial charge in [-0.3, -0.25) is 0 Å². The first-order chi connectivity index (χ1) is 8.56. The van der Waals surface area contributed by atoms with Crippen molar-refractivity contribution in [2.75, 3.05) is 0 Å². The van der Waals surface area contributed by atoms with Crippen LogP contribution in [0.2, 0.25) is 0 Å². The molecule has 1 heterocycles. The second kappa shape index (κ2) is 5.59. The Labute approximate surface area is 111 Å². The van der Waals surface area contributed by atoms with Gasteiger partial charge >= 0.3 is 0 Å². The third-order valence-corrected chi connectivity index (χ3v) is 4.05. The predicted molar refractivity (Wildman–Crippen MR) is 73.2 cm³/mol. The normalized spacial score (nSPS) is 12.7. The van der Waals surface area contributed by atoms with Crippen molar-refractivity contribution in [1.29, 1.82) is 0 Å². The number of thiazole rings is 1. The number of aryl methyl sites for hydroxylation is 2. The lowest BCUT2D eigenvalue weighted by Gasteiger charge is -2.13. The molecular weight excluding hydrogens is 247 g/mol. The van der Waals surface area contributed by atoms with E-state index in [0.717, 1.165) is 22.8 Å². The van der Waals surface area contributed by atoms with E-state index in [9.17, 15) is 4.39 Å². The van der Waals surface area contributed by atoms with Crippen molar-refractivity contribution in [2.45, 2.75) is 33.4 Å². The number of hydrogen-bond donors (Lipinski definition) is 1. The van der Waals surface area contributed by atoms with Gasteiger partial charge < -0.3 is 5.32 Å². The minimum absolute atomic E-state index is 0.116. The minimum atomic E-state index is -0.193. The van der Waals surface area contributed by atoms with Crippen LogP contribution in [0, 0.1) is 19.7 Å². The summed E-state index contributed by atoms with van der Waals surface area (Å²) in [7, 11) is 0. The molecule has 18 heavy (non-hydrogen) atoms. The van der Waals surface area contributed by atoms with Gasteiger partial charge in [0, 0.05) is 17.5 Å². The van der Waals surface area contributed by atoms with Crippen LogP contribution in [0.5, 0.6) is 0 Å². The van der Waals surface area contributed by atoms with Crippen LogP contribution < -0.4 is 5.32 Å². The van der Waals surface area contributed by atoms with Crippen LogP contribution in [0.15, 0.2) is 24.3 Å². The Balaban J connectivity index is 1.98. The molecule has 1 N–H and O–H groups in total. The van der Waals surface area contributed by atoms with Crippen LogP contribution in [0.3, 0.4) is 0 Å². The van der Waals surface area contributed by atoms with Crippen LogP contribution in [-0.2, 0) is 6.54 Å². The van der Waals surface area contributed by atoms with Crippen LogP contribution in [-0.4, -0.2) is 4.98 Å². The molecule has 1 atom stereocenters. The van der Waals surface area contributed by atoms with E-state index in [-0.39, 0.29) is 11.9 Å². The summed E-state index contributed by atoms with van der Waals surface area (Å²) in [5.74, 6) is -0.193. The van der Waals surface area contributed by atoms with Crippen molar-refractivity contribution in [2.24, 2.45) is 0 Å². The highest BCUT2D eigenvalue weighted by molar-refractivity contribution is 7.11. The summed E-state index contributed by atoms with van der Waals surface area (Å²) < 4.78 is 13.1. The SMILES string of the molecule is Cc1nc(CN[C@H](C)c2cccc(F)c2)sc1C. The van der Waals surface area contributed by atoms with Gasteiger partial charge in [-0.05, 0) is 38.5 Å². The molecule has 0 aliphatic rings. The molecule has 2 rings (SSSR count). The Kier molecular flexibility index (Phi) is 4.09. The van der Waals surface area contributed by atoms with Crippen LogP contribution in [0.25, 0.3) is 0 Å². The maximum absolute atomic E-state index is 13.1. The monoisotopic (exact) mass is 264 g/mol. The summed E-state index contributed by atoms with van der Waals surface area (Å²) in [4.78, 5) is 5.73. The van der Waals surface area contributed by atoms with Gasteiger partial charge in [-0.2, -0.15) is 0 Å². The molecule has 4 heteroatoms. The van der Waals surface area contributed by atoms with Crippen molar-refractivity contribution >= 4 is 11.3 Å². The summed E-state index contributed by atoms with van der Waals surface area (Å²) >= 11 is 1.71. The van der Waals surface area contributed by atoms with Crippen molar-refractivity contribution < 1.29 is 4.39 Å². The Bertz CT molecular complexity index is 517. The molecule has 0 spiro atoms. The van der Waals surface area contributed by atoms with E-state index in [0.29, 0.717) is 0 Å². The molecule has 2 nitrogen and oxygen atoms in total. The van der Waals surface area contributed by atoms with Crippen molar-refractivity contribution in [3.63, 3.8) is 0 Å². The lowest BCUT2D eigenvalue weighted by molar-refractivity contribution is 0.563. The van der Waals surface area contributed by atoms with Gasteiger partial charge in [0.2, 0.25) is 0 Å². The number of benzene rings is 1. The minimum Gasteiger partial charge on any atom is -0.304 e. The molecule has 1 aromatic carbocycles. The molecule has 0 aliphatic heterocycles. The lowest BCUT2D eigenvalue weighted by atomic mass is 10.1. The number of halogens is 1. The van der Waals surface area contributed by atoms with Crippen molar-refractivity contribution in [1.82, 2.24) is 10.3 Å². The van der Waals surface area contributed by atoms with Gasteiger partial charge in [-0.1, -0.05) is 12.1 Å². The first kappa shape index (κ1) is 13.2. The topological polar surface area (TPSA) is 24.9 Å². The number of aromatic nitrogens is 1. The summed E-state index contributed by atoms with van der Waals surface area (Å²) in [5, 5.41) is 4.44. The van der Waals surface area contributed by atoms with Gasteiger partial charge in [0.1, 0.15) is 10.8 Å². The molecule has 0 unspecified atom stereocenters. The van der Waals surface area contributed by atoms with E-state index in [1.165, 1.54) is 10.9 Å². The summed E-state index contributed by atoms with van der Waals surface area (Å²) in [5.41, 5.74) is 2.05. The maximum atomic E-state index is 13.1. The highest BCUT2D eigenvalue weighted by atomic mass is 32.1. The molecule has 0 saturated carbocycles. The predicted octanol–water partition coefficient (Wildman–Crippen LogP) is 3.75. The molecular formula is C14H17FN2S. The highest BCUT2D eigenvalue weighted by Gasteiger charge is 2.08. The summed E-state index contributed by atoms with van der Waals surface area (Å²) in [6.45, 7) is 6.84. The molecule has 0 aliphatic carbocycles. The Morgan fingerprint density at radius 3 is 2.78 bits per heavy atom. The second-order valence-corrected chi connectivity index (χ2v) is 5.69. The molecule has 0 radical (unpaired) electrons. The van der Waals surface area contributed by atoms with E-state index >= 15 is 0 Å². The first-order valence-electron chi connectivity index (χ1n) is 5.98. The molecule has 0 fully saturated rings. The average Bonchev–Trinajstić information content (AvgIpc) is 2.66. The number of hydrogen-bond acceptors (Lipinski definition) is 3. The third kappa shape index (κ3) is 3.15. The largest absolute Gasteiger partial charge is 0.304 e. The summed E-state index contributed by atoms with van der Waals surface area (Å²) in [6.07, 6.45) is 0. The number of nitrogens with zero attached hydrogens (tertiary/aromatic N) is 1. The van der Waals surface area contributed by atoms with Crippen LogP contribution in [0.1, 0.15) is 34.1 Å². The molecule has 1 aromatic heterocycles. The highest BCUT2D eigenvalue weighted by Crippen LogP contribution is 2.18. The van der Waals surface area contributed by atoms with Crippen molar-refractivity contribution in [3.8, 4) is 0 Å². The third-order valence-electron chi connectivity index (χ3n) is 2.98. The van der Waals surface area contributed by atoms with Gasteiger partial charge in [-0.15, -0.1) is 11.3 Å². The number of nitrogens with one attached hydrogen (secondary N) is 1. The quantitative estimate of drug-likeness (QED) is 0.909. The van der Waals surface area contributed by atoms with E-state index in [2.05, 4.69) is 17.2 Å². The average molecular weight is 264 g/mol. The zero-order valence-corrected chi connectivity index (χ0v) is 11.6. The fourth-order valence-corrected chi connectivity index (χ4v) is 2.63. The van der Waals surface area contributed by atoms with Gasteiger partial charge in [0.05, 0.1) is 5.69 Å². The zero-order chi connectivity index (χ0) is 13.1.